The molecular weight excluding hydrogens is 273 g/mol. The minimum atomic E-state index is -4.34. The molecule has 2 heterocycles. The minimum Gasteiger partial charge on any atom is -0.367 e. The number of pyridine rings is 1. The third-order valence-corrected chi connectivity index (χ3v) is 3.34. The maximum atomic E-state index is 12.6. The van der Waals surface area contributed by atoms with E-state index in [1.165, 1.54) is 6.20 Å². The number of hydrogen-bond donors (Lipinski definition) is 1. The van der Waals surface area contributed by atoms with Crippen molar-refractivity contribution in [1.82, 2.24) is 4.98 Å². The average molecular weight is 286 g/mol. The molecule has 0 radical (unpaired) electrons. The van der Waals surface area contributed by atoms with Crippen LogP contribution in [-0.4, -0.2) is 11.0 Å². The van der Waals surface area contributed by atoms with Crippen molar-refractivity contribution >= 4 is 17.2 Å². The summed E-state index contributed by atoms with van der Waals surface area (Å²) in [4.78, 5) is 3.91. The van der Waals surface area contributed by atoms with Gasteiger partial charge in [0.1, 0.15) is 5.82 Å². The van der Waals surface area contributed by atoms with Crippen LogP contribution in [0.25, 0.3) is 0 Å². The van der Waals surface area contributed by atoms with Gasteiger partial charge in [-0.15, -0.1) is 0 Å². The monoisotopic (exact) mass is 286 g/mol. The van der Waals surface area contributed by atoms with Crippen LogP contribution in [-0.2, 0) is 12.6 Å². The molecule has 2 aromatic heterocycles. The highest BCUT2D eigenvalue weighted by Crippen LogP contribution is 2.30. The van der Waals surface area contributed by atoms with E-state index in [-0.39, 0.29) is 11.9 Å². The van der Waals surface area contributed by atoms with Gasteiger partial charge in [-0.2, -0.15) is 24.5 Å². The Hall–Kier alpha value is -1.56. The number of alkyl halides is 3. The van der Waals surface area contributed by atoms with Crippen LogP contribution in [0.5, 0.6) is 0 Å². The first-order valence-electron chi connectivity index (χ1n) is 5.76. The molecule has 0 fully saturated rings. The van der Waals surface area contributed by atoms with Crippen LogP contribution in [0.15, 0.2) is 35.2 Å². The first kappa shape index (κ1) is 13.9. The first-order chi connectivity index (χ1) is 8.95. The molecule has 0 aliphatic carbocycles. The molecule has 0 aromatic carbocycles. The van der Waals surface area contributed by atoms with E-state index in [1.807, 2.05) is 23.8 Å². The number of halogens is 3. The van der Waals surface area contributed by atoms with Gasteiger partial charge in [-0.1, -0.05) is 0 Å². The topological polar surface area (TPSA) is 24.9 Å². The summed E-state index contributed by atoms with van der Waals surface area (Å²) in [6.07, 6.45) is -2.42. The van der Waals surface area contributed by atoms with Crippen molar-refractivity contribution in [2.24, 2.45) is 0 Å². The van der Waals surface area contributed by atoms with Crippen molar-refractivity contribution in [2.45, 2.75) is 25.6 Å². The van der Waals surface area contributed by atoms with Crippen molar-refractivity contribution in [1.29, 1.82) is 0 Å². The summed E-state index contributed by atoms with van der Waals surface area (Å²) in [5.41, 5.74) is 0.477. The van der Waals surface area contributed by atoms with E-state index < -0.39 is 11.7 Å². The van der Waals surface area contributed by atoms with E-state index in [0.717, 1.165) is 24.1 Å². The van der Waals surface area contributed by atoms with Crippen LogP contribution in [0, 0.1) is 0 Å². The maximum absolute atomic E-state index is 12.6. The lowest BCUT2D eigenvalue weighted by Gasteiger charge is -2.15. The summed E-state index contributed by atoms with van der Waals surface area (Å²) >= 11 is 1.60. The lowest BCUT2D eigenvalue weighted by molar-refractivity contribution is -0.137. The number of rotatable bonds is 4. The Bertz CT molecular complexity index is 523. The van der Waals surface area contributed by atoms with Crippen LogP contribution in [0.4, 0.5) is 19.0 Å². The van der Waals surface area contributed by atoms with Crippen molar-refractivity contribution in [3.63, 3.8) is 0 Å². The number of anilines is 1. The number of hydrogen-bond acceptors (Lipinski definition) is 3. The fourth-order valence-corrected chi connectivity index (χ4v) is 2.43. The lowest BCUT2D eigenvalue weighted by atomic mass is 10.1. The molecule has 1 atom stereocenters. The zero-order chi connectivity index (χ0) is 13.9. The fourth-order valence-electron chi connectivity index (χ4n) is 1.75. The van der Waals surface area contributed by atoms with Gasteiger partial charge in [0.15, 0.2) is 0 Å². The molecule has 0 aliphatic heterocycles. The third-order valence-electron chi connectivity index (χ3n) is 2.60. The van der Waals surface area contributed by atoms with Gasteiger partial charge >= 0.3 is 6.18 Å². The summed E-state index contributed by atoms with van der Waals surface area (Å²) in [7, 11) is 0. The van der Waals surface area contributed by atoms with Gasteiger partial charge in [0.2, 0.25) is 0 Å². The van der Waals surface area contributed by atoms with Gasteiger partial charge in [0, 0.05) is 12.2 Å². The number of aromatic nitrogens is 1. The zero-order valence-electron chi connectivity index (χ0n) is 10.2. The minimum absolute atomic E-state index is 0.0191. The summed E-state index contributed by atoms with van der Waals surface area (Å²) in [6.45, 7) is 1.92. The second-order valence-electron chi connectivity index (χ2n) is 4.31. The normalized spacial score (nSPS) is 13.3. The van der Waals surface area contributed by atoms with Crippen LogP contribution in [0.1, 0.15) is 18.1 Å². The Morgan fingerprint density at radius 2 is 2.16 bits per heavy atom. The molecule has 2 nitrogen and oxygen atoms in total. The molecule has 19 heavy (non-hydrogen) atoms. The molecule has 2 rings (SSSR count). The predicted molar refractivity (Wildman–Crippen MR) is 70.3 cm³/mol. The van der Waals surface area contributed by atoms with Crippen LogP contribution < -0.4 is 5.32 Å². The van der Waals surface area contributed by atoms with Gasteiger partial charge < -0.3 is 5.32 Å². The summed E-state index contributed by atoms with van der Waals surface area (Å²) in [5, 5.41) is 6.99. The fraction of sp³-hybridized carbons (Fsp3) is 0.308. The molecule has 0 aliphatic rings. The summed E-state index contributed by atoms with van der Waals surface area (Å²) < 4.78 is 37.7. The Labute approximate surface area is 113 Å². The molecule has 6 heteroatoms. The smallest absolute Gasteiger partial charge is 0.367 e. The molecule has 0 spiro atoms. The SMILES string of the molecule is CC(Cc1ccsc1)Nc1cc(C(F)(F)F)ccn1. The Morgan fingerprint density at radius 1 is 1.37 bits per heavy atom. The van der Waals surface area contributed by atoms with Crippen LogP contribution in [0.2, 0.25) is 0 Å². The highest BCUT2D eigenvalue weighted by atomic mass is 32.1. The molecular formula is C13H13F3N2S. The zero-order valence-corrected chi connectivity index (χ0v) is 11.1. The van der Waals surface area contributed by atoms with Crippen molar-refractivity contribution in [3.8, 4) is 0 Å². The Balaban J connectivity index is 2.03. The highest BCUT2D eigenvalue weighted by Gasteiger charge is 2.30. The first-order valence-corrected chi connectivity index (χ1v) is 6.70. The number of thiophene rings is 1. The summed E-state index contributed by atoms with van der Waals surface area (Å²) in [6, 6.07) is 4.02. The lowest BCUT2D eigenvalue weighted by Crippen LogP contribution is -2.19. The molecule has 0 saturated carbocycles. The van der Waals surface area contributed by atoms with E-state index in [0.29, 0.717) is 0 Å². The highest BCUT2D eigenvalue weighted by molar-refractivity contribution is 7.07. The number of nitrogens with one attached hydrogen (secondary N) is 1. The van der Waals surface area contributed by atoms with E-state index in [2.05, 4.69) is 10.3 Å². The van der Waals surface area contributed by atoms with E-state index in [1.54, 1.807) is 11.3 Å². The van der Waals surface area contributed by atoms with E-state index in [9.17, 15) is 13.2 Å². The largest absolute Gasteiger partial charge is 0.416 e. The molecule has 0 saturated heterocycles. The third kappa shape index (κ3) is 3.96. The molecule has 0 bridgehead atoms. The second kappa shape index (κ2) is 5.61. The summed E-state index contributed by atoms with van der Waals surface area (Å²) in [5.74, 6) is 0.248. The van der Waals surface area contributed by atoms with Crippen LogP contribution in [0.3, 0.4) is 0 Å². The van der Waals surface area contributed by atoms with Gasteiger partial charge in [0.05, 0.1) is 5.56 Å². The van der Waals surface area contributed by atoms with Crippen molar-refractivity contribution < 1.29 is 13.2 Å². The molecule has 1 N–H and O–H groups in total. The maximum Gasteiger partial charge on any atom is 0.416 e. The standard InChI is InChI=1S/C13H13F3N2S/c1-9(6-10-3-5-19-8-10)18-12-7-11(2-4-17-12)13(14,15)16/h2-5,7-9H,6H2,1H3,(H,17,18). The van der Waals surface area contributed by atoms with Gasteiger partial charge in [-0.3, -0.25) is 0 Å². The Morgan fingerprint density at radius 3 is 2.79 bits per heavy atom. The molecule has 102 valence electrons. The number of nitrogens with zero attached hydrogens (tertiary/aromatic N) is 1. The molecule has 0 amide bonds. The van der Waals surface area contributed by atoms with Crippen LogP contribution >= 0.6 is 11.3 Å². The van der Waals surface area contributed by atoms with Crippen molar-refractivity contribution in [3.05, 3.63) is 46.3 Å². The van der Waals surface area contributed by atoms with E-state index >= 15 is 0 Å². The van der Waals surface area contributed by atoms with Gasteiger partial charge in [-0.25, -0.2) is 4.98 Å². The van der Waals surface area contributed by atoms with Gasteiger partial charge in [0.25, 0.3) is 0 Å². The second-order valence-corrected chi connectivity index (χ2v) is 5.09. The van der Waals surface area contributed by atoms with E-state index in [4.69, 9.17) is 0 Å². The molecule has 1 unspecified atom stereocenters. The molecule has 2 aromatic rings. The predicted octanol–water partition coefficient (Wildman–Crippen LogP) is 4.21. The van der Waals surface area contributed by atoms with Gasteiger partial charge in [-0.05, 0) is 47.9 Å². The van der Waals surface area contributed by atoms with Crippen molar-refractivity contribution in [2.75, 3.05) is 5.32 Å². The quantitative estimate of drug-likeness (QED) is 0.911. The Kier molecular flexibility index (Phi) is 4.09. The average Bonchev–Trinajstić information content (AvgIpc) is 2.80.